The first kappa shape index (κ1) is 77.0. The van der Waals surface area contributed by atoms with Crippen LogP contribution in [0, 0.1) is 0 Å². The fourth-order valence-corrected chi connectivity index (χ4v) is 14.5. The number of rotatable bonds is 39. The summed E-state index contributed by atoms with van der Waals surface area (Å²) >= 11 is 4.12. The van der Waals surface area contributed by atoms with Crippen LogP contribution in [0.25, 0.3) is 0 Å². The minimum absolute atomic E-state index is 0.160. The van der Waals surface area contributed by atoms with Crippen molar-refractivity contribution in [3.63, 3.8) is 0 Å². The van der Waals surface area contributed by atoms with E-state index in [9.17, 15) is 9.59 Å². The first-order chi connectivity index (χ1) is 33.4. The maximum Gasteiger partial charge on any atom is 0.500 e. The van der Waals surface area contributed by atoms with Crippen molar-refractivity contribution in [2.75, 3.05) is 123 Å². The molecule has 18 nitrogen and oxygen atoms in total. The highest BCUT2D eigenvalue weighted by Gasteiger charge is 2.37. The Balaban J connectivity index is -0.000000398. The van der Waals surface area contributed by atoms with Gasteiger partial charge in [-0.25, -0.2) is 4.79 Å². The second kappa shape index (κ2) is 46.7. The fourth-order valence-electron chi connectivity index (χ4n) is 5.76. The number of epoxide rings is 1. The number of aliphatic hydroxyl groups excluding tert-OH is 1. The fraction of sp³-hybridized carbons (Fsp3) is 0.872. The lowest BCUT2D eigenvalue weighted by atomic mass is 10.1. The number of unbranched alkanes of at least 4 members (excludes halogenated alkanes) is 1. The average molecular weight is 1130 g/mol. The summed E-state index contributed by atoms with van der Waals surface area (Å²) in [6.07, 6.45) is 6.04. The van der Waals surface area contributed by atoms with Crippen LogP contribution in [0.15, 0.2) is 24.3 Å². The predicted octanol–water partition coefficient (Wildman–Crippen LogP) is 8.79. The van der Waals surface area contributed by atoms with Crippen LogP contribution < -0.4 is 0 Å². The van der Waals surface area contributed by atoms with Gasteiger partial charge in [0.05, 0.1) is 32.5 Å². The molecule has 1 saturated heterocycles. The summed E-state index contributed by atoms with van der Waals surface area (Å²) in [6.45, 7) is 29.4. The van der Waals surface area contributed by atoms with Gasteiger partial charge in [-0.05, 0) is 128 Å². The highest BCUT2D eigenvalue weighted by Crippen LogP contribution is 2.19. The lowest BCUT2D eigenvalue weighted by molar-refractivity contribution is -0.139. The summed E-state index contributed by atoms with van der Waals surface area (Å²) in [6, 6.07) is 4.49. The number of hydrogen-bond donors (Lipinski definition) is 2. The standard InChI is InChI=1S/C12H24O4Si.C11H22O3Si.C9H22O5Si.C9H20O4Si.C6H16O2SSi/c1-6-15-17(5,16-7-2)10-8-9-14-12(13)11(3)4;1-10(2)11(12)8-6-7-9-15(5,13-3)14-4;1-9(10)8-14-6-5-7-15(11-2,12-3)13-4;1-10-14(3,11-2)6-4-5-12-7-9-8-13-9;1-7-10(3,8-2)6-4-5-9/h3,6-10H2,1-2,4-5H3;1,6-9H2,2-5H3;9-10H,5-8H2,1-4H3;9H,4-8H2,1-3H3;9H,4-6H2,1-3H3. The van der Waals surface area contributed by atoms with E-state index in [0.29, 0.717) is 56.7 Å². The summed E-state index contributed by atoms with van der Waals surface area (Å²) in [5.41, 5.74) is 1.08. The molecule has 0 amide bonds. The predicted molar refractivity (Wildman–Crippen MR) is 297 cm³/mol. The van der Waals surface area contributed by atoms with E-state index in [2.05, 4.69) is 38.9 Å². The highest BCUT2D eigenvalue weighted by atomic mass is 32.1. The Hall–Kier alpha value is -0.546. The van der Waals surface area contributed by atoms with Crippen LogP contribution in [-0.4, -0.2) is 195 Å². The lowest BCUT2D eigenvalue weighted by Crippen LogP contribution is -2.42. The van der Waals surface area contributed by atoms with E-state index < -0.39 is 49.2 Å². The minimum atomic E-state index is -2.44. The molecule has 1 N–H and O–H groups in total. The molecule has 71 heavy (non-hydrogen) atoms. The van der Waals surface area contributed by atoms with Gasteiger partial charge in [0.15, 0.2) is 5.78 Å². The first-order valence-electron chi connectivity index (χ1n) is 24.7. The number of allylic oxidation sites excluding steroid dienone is 1. The molecule has 2 atom stereocenters. The topological polar surface area (TPSA) is 196 Å². The summed E-state index contributed by atoms with van der Waals surface area (Å²) in [5, 5.41) is 8.96. The molecular formula is C47H104O18SSi5. The Morgan fingerprint density at radius 1 is 0.606 bits per heavy atom. The van der Waals surface area contributed by atoms with Gasteiger partial charge in [-0.3, -0.25) is 4.79 Å². The summed E-state index contributed by atoms with van der Waals surface area (Å²) < 4.78 is 79.8. The number of carbonyl (C=O) groups is 2. The minimum Gasteiger partial charge on any atom is -0.462 e. The van der Waals surface area contributed by atoms with Crippen molar-refractivity contribution >= 4 is 67.4 Å². The number of aliphatic hydroxyl groups is 1. The second-order valence-electron chi connectivity index (χ2n) is 17.3. The van der Waals surface area contributed by atoms with E-state index in [1.54, 1.807) is 84.8 Å². The van der Waals surface area contributed by atoms with Gasteiger partial charge in [-0.15, -0.1) is 0 Å². The molecule has 24 heteroatoms. The van der Waals surface area contributed by atoms with Gasteiger partial charge in [-0.1, -0.05) is 19.6 Å². The number of Topliss-reactive ketones (excluding diaryl/α,β-unsaturated/α-hetero) is 1. The monoisotopic (exact) mass is 1130 g/mol. The Bertz CT molecular complexity index is 1290. The van der Waals surface area contributed by atoms with Crippen LogP contribution in [0.3, 0.4) is 0 Å². The molecule has 0 aromatic rings. The van der Waals surface area contributed by atoms with E-state index >= 15 is 0 Å². The largest absolute Gasteiger partial charge is 0.500 e. The van der Waals surface area contributed by atoms with Gasteiger partial charge < -0.3 is 72.7 Å². The zero-order valence-corrected chi connectivity index (χ0v) is 53.6. The van der Waals surface area contributed by atoms with E-state index in [1.165, 1.54) is 0 Å². The van der Waals surface area contributed by atoms with Crippen LogP contribution in [-0.2, 0) is 77.2 Å². The van der Waals surface area contributed by atoms with Gasteiger partial charge in [0.25, 0.3) is 0 Å². The maximum absolute atomic E-state index is 11.3. The number of thiol groups is 1. The Morgan fingerprint density at radius 2 is 1.01 bits per heavy atom. The number of hydrogen-bond acceptors (Lipinski definition) is 19. The summed E-state index contributed by atoms with van der Waals surface area (Å²) in [4.78, 5) is 22.4. The Morgan fingerprint density at radius 3 is 1.39 bits per heavy atom. The van der Waals surface area contributed by atoms with Gasteiger partial charge in [0.1, 0.15) is 6.10 Å². The second-order valence-corrected chi connectivity index (χ2v) is 35.0. The van der Waals surface area contributed by atoms with Crippen LogP contribution in [0.4, 0.5) is 0 Å². The molecule has 1 aliphatic rings. The third kappa shape index (κ3) is 44.3. The highest BCUT2D eigenvalue weighted by molar-refractivity contribution is 7.80. The van der Waals surface area contributed by atoms with E-state index in [4.69, 9.17) is 72.7 Å². The third-order valence-electron chi connectivity index (χ3n) is 11.1. The molecule has 0 spiro atoms. The van der Waals surface area contributed by atoms with Gasteiger partial charge in [0, 0.05) is 108 Å². The van der Waals surface area contributed by atoms with Crippen LogP contribution in [0.1, 0.15) is 79.6 Å². The Labute approximate surface area is 442 Å². The Kier molecular flexibility index (Phi) is 50.7. The van der Waals surface area contributed by atoms with Crippen molar-refractivity contribution in [3.05, 3.63) is 24.3 Å². The number of carbonyl (C=O) groups excluding carboxylic acids is 2. The number of esters is 1. The molecule has 1 fully saturated rings. The van der Waals surface area contributed by atoms with Crippen molar-refractivity contribution in [2.24, 2.45) is 0 Å². The van der Waals surface area contributed by atoms with Crippen molar-refractivity contribution in [3.8, 4) is 0 Å². The molecule has 0 saturated carbocycles. The summed E-state index contributed by atoms with van der Waals surface area (Å²) in [5.74, 6) is 0.740. The molecule has 0 aliphatic carbocycles. The SMILES string of the molecule is C=C(C)C(=O)CCCC[Si](C)(OC)OC.C=C(C)C(=O)OCCC[Si](C)(OCC)OCC.CO[Si](C)(CCCOCC1CO1)OC.CO[Si](C)(CCCS)OC.CO[Si](CCCOCC(C)O)(OC)OC. The van der Waals surface area contributed by atoms with Crippen LogP contribution in [0.2, 0.25) is 56.4 Å². The molecule has 0 radical (unpaired) electrons. The molecule has 426 valence electrons. The first-order valence-corrected chi connectivity index (χ1v) is 37.4. The molecule has 1 heterocycles. The maximum atomic E-state index is 11.3. The smallest absolute Gasteiger partial charge is 0.462 e. The quantitative estimate of drug-likeness (QED) is 0.0148. The molecule has 2 unspecified atom stereocenters. The van der Waals surface area contributed by atoms with Crippen LogP contribution in [0.5, 0.6) is 0 Å². The van der Waals surface area contributed by atoms with E-state index in [0.717, 1.165) is 94.3 Å². The molecule has 0 bridgehead atoms. The van der Waals surface area contributed by atoms with Gasteiger partial charge in [0.2, 0.25) is 0 Å². The van der Waals surface area contributed by atoms with Crippen molar-refractivity contribution in [1.82, 2.24) is 0 Å². The molecule has 0 aromatic carbocycles. The molecular weight excluding hydrogens is 1020 g/mol. The zero-order valence-electron chi connectivity index (χ0n) is 47.8. The summed E-state index contributed by atoms with van der Waals surface area (Å²) in [7, 11) is 4.96. The van der Waals surface area contributed by atoms with Crippen molar-refractivity contribution in [2.45, 2.75) is 148 Å². The molecule has 0 aromatic heterocycles. The van der Waals surface area contributed by atoms with Gasteiger partial charge in [-0.2, -0.15) is 12.6 Å². The number of ketones is 1. The molecule has 1 rings (SSSR count). The zero-order chi connectivity index (χ0) is 55.4. The average Bonchev–Trinajstić information content (AvgIpc) is 4.20. The molecule has 1 aliphatic heterocycles. The van der Waals surface area contributed by atoms with Crippen molar-refractivity contribution < 1.29 is 82.3 Å². The van der Waals surface area contributed by atoms with Gasteiger partial charge >= 0.3 is 49.0 Å². The number of ether oxygens (including phenoxy) is 4. The normalized spacial score (nSPS) is 14.0. The third-order valence-corrected chi connectivity index (χ3v) is 26.3. The lowest BCUT2D eigenvalue weighted by Gasteiger charge is -2.25. The van der Waals surface area contributed by atoms with E-state index in [1.807, 2.05) is 26.9 Å². The van der Waals surface area contributed by atoms with Crippen molar-refractivity contribution in [1.29, 1.82) is 0 Å². The van der Waals surface area contributed by atoms with E-state index in [-0.39, 0.29) is 11.8 Å². The van der Waals surface area contributed by atoms with Crippen LogP contribution >= 0.6 is 12.6 Å².